The fourth-order valence-electron chi connectivity index (χ4n) is 6.95. The number of hydrogen-bond acceptors (Lipinski definition) is 7. The fourth-order valence-corrected chi connectivity index (χ4v) is 6.95. The van der Waals surface area contributed by atoms with E-state index in [2.05, 4.69) is 10.6 Å². The summed E-state index contributed by atoms with van der Waals surface area (Å²) in [4.78, 5) is 33.2. The molecule has 0 bridgehead atoms. The van der Waals surface area contributed by atoms with E-state index in [1.165, 1.54) is 0 Å². The highest BCUT2D eigenvalue weighted by Crippen LogP contribution is 2.41. The number of aliphatic hydroxyl groups is 1. The number of piperazine rings is 1. The summed E-state index contributed by atoms with van der Waals surface area (Å²) in [6.45, 7) is 3.15. The van der Waals surface area contributed by atoms with Crippen molar-refractivity contribution >= 4 is 11.8 Å². The normalized spacial score (nSPS) is 23.9. The number of aromatic nitrogens is 2. The van der Waals surface area contributed by atoms with Crippen molar-refractivity contribution in [1.29, 1.82) is 0 Å². The van der Waals surface area contributed by atoms with Crippen molar-refractivity contribution in [3.63, 3.8) is 0 Å². The zero-order valence-electron chi connectivity index (χ0n) is 24.8. The van der Waals surface area contributed by atoms with Crippen LogP contribution in [0.4, 0.5) is 0 Å². The van der Waals surface area contributed by atoms with Crippen LogP contribution in [0.3, 0.4) is 0 Å². The van der Waals surface area contributed by atoms with Crippen molar-refractivity contribution in [2.45, 2.75) is 56.2 Å². The minimum Gasteiger partial charge on any atom is -0.493 e. The van der Waals surface area contributed by atoms with Gasteiger partial charge < -0.3 is 34.7 Å². The van der Waals surface area contributed by atoms with E-state index in [4.69, 9.17) is 14.5 Å². The molecule has 1 aromatic heterocycles. The van der Waals surface area contributed by atoms with Gasteiger partial charge >= 0.3 is 0 Å². The molecule has 3 aliphatic rings. The Kier molecular flexibility index (Phi) is 8.78. The van der Waals surface area contributed by atoms with Crippen molar-refractivity contribution in [2.24, 2.45) is 0 Å². The van der Waals surface area contributed by atoms with E-state index in [9.17, 15) is 14.7 Å². The van der Waals surface area contributed by atoms with E-state index in [0.29, 0.717) is 56.9 Å². The first-order valence-corrected chi connectivity index (χ1v) is 15.4. The summed E-state index contributed by atoms with van der Waals surface area (Å²) >= 11 is 0. The standard InChI is InChI=1S/C33H41N5O5/c1-42-21-33(41)15-6-5-12-28(33)38-22-36-29(30(38)23-8-3-2-4-9-23)32(40)37-18-17-34-20-24(37)14-19-43-27-11-7-10-26-25(27)13-16-35-31(26)39/h2-4,7-11,22,24,28,34,41H,5-6,12-21H2,1H3,(H,35,39)/t24-,28-,33-/m1/s1. The van der Waals surface area contributed by atoms with Gasteiger partial charge in [-0.1, -0.05) is 49.2 Å². The maximum Gasteiger partial charge on any atom is 0.275 e. The largest absolute Gasteiger partial charge is 0.493 e. The number of benzene rings is 2. The van der Waals surface area contributed by atoms with Gasteiger partial charge in [-0.2, -0.15) is 0 Å². The maximum absolute atomic E-state index is 14.3. The zero-order valence-corrected chi connectivity index (χ0v) is 24.8. The molecule has 0 spiro atoms. The number of methoxy groups -OCH3 is 1. The minimum atomic E-state index is -1.04. The number of carbonyl (C=O) groups excluding carboxylic acids is 2. The van der Waals surface area contributed by atoms with Gasteiger partial charge in [0.1, 0.15) is 11.4 Å². The van der Waals surface area contributed by atoms with E-state index >= 15 is 0 Å². The molecule has 2 amide bonds. The SMILES string of the molecule is COC[C@]1(O)CCCC[C@H]1n1cnc(C(=O)N2CCNC[C@H]2CCOc2cccc3c2CCNC3=O)c1-c1ccccc1. The lowest BCUT2D eigenvalue weighted by molar-refractivity contribution is -0.0893. The summed E-state index contributed by atoms with van der Waals surface area (Å²) in [5.74, 6) is 0.543. The van der Waals surface area contributed by atoms with Crippen molar-refractivity contribution in [1.82, 2.24) is 25.1 Å². The Hall–Kier alpha value is -3.73. The molecule has 1 saturated carbocycles. The predicted octanol–water partition coefficient (Wildman–Crippen LogP) is 3.21. The van der Waals surface area contributed by atoms with Crippen LogP contribution in [0.1, 0.15) is 64.6 Å². The highest BCUT2D eigenvalue weighted by atomic mass is 16.5. The fraction of sp³-hybridized carbons (Fsp3) is 0.485. The van der Waals surface area contributed by atoms with Crippen LogP contribution >= 0.6 is 0 Å². The molecule has 3 aromatic rings. The Morgan fingerprint density at radius 1 is 1.14 bits per heavy atom. The molecule has 0 radical (unpaired) electrons. The van der Waals surface area contributed by atoms with Gasteiger partial charge in [-0.15, -0.1) is 0 Å². The number of rotatable bonds is 9. The summed E-state index contributed by atoms with van der Waals surface area (Å²) in [7, 11) is 1.61. The van der Waals surface area contributed by atoms with Gasteiger partial charge in [0.05, 0.1) is 31.3 Å². The summed E-state index contributed by atoms with van der Waals surface area (Å²) < 4.78 is 13.7. The van der Waals surface area contributed by atoms with Crippen LogP contribution in [0.15, 0.2) is 54.9 Å². The molecule has 1 saturated heterocycles. The lowest BCUT2D eigenvalue weighted by Crippen LogP contribution is -2.54. The smallest absolute Gasteiger partial charge is 0.275 e. The first-order valence-electron chi connectivity index (χ1n) is 15.4. The number of nitrogens with zero attached hydrogens (tertiary/aromatic N) is 3. The summed E-state index contributed by atoms with van der Waals surface area (Å²) in [6, 6.07) is 15.1. The van der Waals surface area contributed by atoms with Crippen molar-refractivity contribution in [3.05, 3.63) is 71.7 Å². The van der Waals surface area contributed by atoms with Crippen molar-refractivity contribution in [3.8, 4) is 17.0 Å². The summed E-state index contributed by atoms with van der Waals surface area (Å²) in [5.41, 5.74) is 2.59. The van der Waals surface area contributed by atoms with Gasteiger partial charge in [-0.3, -0.25) is 9.59 Å². The second kappa shape index (κ2) is 12.9. The first kappa shape index (κ1) is 29.3. The monoisotopic (exact) mass is 587 g/mol. The van der Waals surface area contributed by atoms with Crippen LogP contribution in [-0.4, -0.2) is 89.5 Å². The molecular weight excluding hydrogens is 546 g/mol. The number of carbonyl (C=O) groups is 2. The molecule has 6 rings (SSSR count). The number of imidazole rings is 1. The highest BCUT2D eigenvalue weighted by Gasteiger charge is 2.42. The van der Waals surface area contributed by atoms with Crippen LogP contribution in [0, 0.1) is 0 Å². The van der Waals surface area contributed by atoms with Gasteiger partial charge in [0.15, 0.2) is 5.69 Å². The summed E-state index contributed by atoms with van der Waals surface area (Å²) in [6.07, 6.45) is 6.42. The molecule has 2 aliphatic heterocycles. The lowest BCUT2D eigenvalue weighted by Gasteiger charge is -2.41. The van der Waals surface area contributed by atoms with Crippen LogP contribution in [0.2, 0.25) is 0 Å². The molecule has 43 heavy (non-hydrogen) atoms. The third-order valence-electron chi connectivity index (χ3n) is 9.09. The highest BCUT2D eigenvalue weighted by molar-refractivity contribution is 5.99. The average Bonchev–Trinajstić information content (AvgIpc) is 3.47. The Balaban J connectivity index is 1.25. The molecule has 10 nitrogen and oxygen atoms in total. The van der Waals surface area contributed by atoms with Gasteiger partial charge in [0.2, 0.25) is 0 Å². The number of nitrogens with one attached hydrogen (secondary N) is 2. The van der Waals surface area contributed by atoms with Gasteiger partial charge in [0, 0.05) is 62.4 Å². The molecule has 228 valence electrons. The molecule has 3 N–H and O–H groups in total. The summed E-state index contributed by atoms with van der Waals surface area (Å²) in [5, 5.41) is 18.0. The quantitative estimate of drug-likeness (QED) is 0.352. The number of fused-ring (bicyclic) bond motifs is 1. The first-order chi connectivity index (χ1) is 21.0. The predicted molar refractivity (Wildman–Crippen MR) is 162 cm³/mol. The third kappa shape index (κ3) is 5.91. The second-order valence-corrected chi connectivity index (χ2v) is 11.8. The molecule has 2 fully saturated rings. The molecule has 3 atom stereocenters. The van der Waals surface area contributed by atoms with E-state index in [0.717, 1.165) is 48.3 Å². The van der Waals surface area contributed by atoms with E-state index in [1.54, 1.807) is 13.4 Å². The number of hydrogen-bond donors (Lipinski definition) is 3. The Bertz CT molecular complexity index is 1440. The Labute approximate surface area is 252 Å². The third-order valence-corrected chi connectivity index (χ3v) is 9.09. The molecule has 1 aliphatic carbocycles. The van der Waals surface area contributed by atoms with Crippen LogP contribution in [0.5, 0.6) is 5.75 Å². The van der Waals surface area contributed by atoms with Gasteiger partial charge in [-0.05, 0) is 31.4 Å². The van der Waals surface area contributed by atoms with Crippen LogP contribution in [0.25, 0.3) is 11.3 Å². The van der Waals surface area contributed by atoms with Crippen LogP contribution in [-0.2, 0) is 11.2 Å². The minimum absolute atomic E-state index is 0.0671. The molecular formula is C33H41N5O5. The maximum atomic E-state index is 14.3. The van der Waals surface area contributed by atoms with Crippen molar-refractivity contribution in [2.75, 3.05) is 46.5 Å². The van der Waals surface area contributed by atoms with Gasteiger partial charge in [-0.25, -0.2) is 4.98 Å². The van der Waals surface area contributed by atoms with Crippen molar-refractivity contribution < 1.29 is 24.2 Å². The molecule has 0 unspecified atom stereocenters. The van der Waals surface area contributed by atoms with Crippen LogP contribution < -0.4 is 15.4 Å². The zero-order chi connectivity index (χ0) is 29.8. The Morgan fingerprint density at radius 2 is 2.00 bits per heavy atom. The molecule has 2 aromatic carbocycles. The number of amides is 2. The van der Waals surface area contributed by atoms with Gasteiger partial charge in [0.25, 0.3) is 11.8 Å². The average molecular weight is 588 g/mol. The molecule has 3 heterocycles. The molecule has 10 heteroatoms. The van der Waals surface area contributed by atoms with E-state index in [1.807, 2.05) is 58.0 Å². The number of ether oxygens (including phenoxy) is 2. The van der Waals surface area contributed by atoms with E-state index in [-0.39, 0.29) is 30.5 Å². The second-order valence-electron chi connectivity index (χ2n) is 11.8. The Morgan fingerprint density at radius 3 is 2.84 bits per heavy atom. The van der Waals surface area contributed by atoms with E-state index < -0.39 is 5.60 Å². The topological polar surface area (TPSA) is 118 Å². The lowest BCUT2D eigenvalue weighted by atomic mass is 9.80.